The molecule has 1 aliphatic carbocycles. The maximum atomic E-state index is 13.6. The molecule has 1 atom stereocenters. The van der Waals surface area contributed by atoms with Gasteiger partial charge in [-0.15, -0.1) is 0 Å². The number of halogens is 2. The predicted octanol–water partition coefficient (Wildman–Crippen LogP) is 7.91. The summed E-state index contributed by atoms with van der Waals surface area (Å²) in [7, 11) is 0. The van der Waals surface area contributed by atoms with Crippen LogP contribution >= 0.6 is 27.5 Å². The Hall–Kier alpha value is -3.53. The molecule has 0 spiro atoms. The van der Waals surface area contributed by atoms with Crippen LogP contribution in [0.2, 0.25) is 5.02 Å². The highest BCUT2D eigenvalue weighted by Gasteiger charge is 2.41. The lowest BCUT2D eigenvalue weighted by Crippen LogP contribution is -2.39. The molecule has 1 unspecified atom stereocenters. The van der Waals surface area contributed by atoms with E-state index in [1.807, 2.05) is 68.1 Å². The number of nitrogens with zero attached hydrogens (tertiary/aromatic N) is 2. The van der Waals surface area contributed by atoms with Crippen molar-refractivity contribution in [1.82, 2.24) is 0 Å². The van der Waals surface area contributed by atoms with E-state index in [9.17, 15) is 10.1 Å². The molecule has 3 aromatic carbocycles. The summed E-state index contributed by atoms with van der Waals surface area (Å²) in [5, 5.41) is 11.0. The number of ether oxygens (including phenoxy) is 1. The zero-order valence-electron chi connectivity index (χ0n) is 22.1. The van der Waals surface area contributed by atoms with Crippen molar-refractivity contribution < 1.29 is 9.53 Å². The number of hydrogen-bond acceptors (Lipinski definition) is 5. The predicted molar refractivity (Wildman–Crippen MR) is 159 cm³/mol. The summed E-state index contributed by atoms with van der Waals surface area (Å²) in [5.74, 6) is 0.599. The second-order valence-corrected chi connectivity index (χ2v) is 11.4. The number of allylic oxidation sites excluding steroid dienone is 3. The lowest BCUT2D eigenvalue weighted by Gasteiger charge is -2.40. The molecule has 0 saturated carbocycles. The number of carbonyl (C=O) groups excluding carboxylic acids is 1. The average Bonchev–Trinajstić information content (AvgIpc) is 2.91. The van der Waals surface area contributed by atoms with Gasteiger partial charge in [0, 0.05) is 22.7 Å². The van der Waals surface area contributed by atoms with E-state index in [2.05, 4.69) is 34.1 Å². The van der Waals surface area contributed by atoms with Crippen LogP contribution < -0.4 is 15.4 Å². The Kier molecular flexibility index (Phi) is 7.57. The highest BCUT2D eigenvalue weighted by molar-refractivity contribution is 9.10. The Balaban J connectivity index is 1.66. The van der Waals surface area contributed by atoms with Crippen LogP contribution in [0.4, 0.5) is 5.69 Å². The molecule has 1 aliphatic heterocycles. The molecule has 5 nitrogen and oxygen atoms in total. The van der Waals surface area contributed by atoms with Crippen LogP contribution in [0, 0.1) is 32.1 Å². The van der Waals surface area contributed by atoms with Crippen LogP contribution in [0.25, 0.3) is 0 Å². The average molecular weight is 603 g/mol. The Morgan fingerprint density at radius 2 is 1.90 bits per heavy atom. The zero-order valence-corrected chi connectivity index (χ0v) is 24.5. The fraction of sp³-hybridized carbons (Fsp3) is 0.250. The summed E-state index contributed by atoms with van der Waals surface area (Å²) in [6.07, 6.45) is 1.86. The largest absolute Gasteiger partial charge is 0.488 e. The SMILES string of the molecule is Cc1cc(COc2ccccc2Br)c(C)c(C2C(C#N)=C(N)N(c3cc(Cl)ccc3C)C3=C2C(=O)CCC3)c1. The van der Waals surface area contributed by atoms with Gasteiger partial charge in [0.1, 0.15) is 18.2 Å². The van der Waals surface area contributed by atoms with Crippen molar-refractivity contribution >= 4 is 39.0 Å². The number of carbonyl (C=O) groups is 1. The van der Waals surface area contributed by atoms with Crippen molar-refractivity contribution in [3.8, 4) is 11.8 Å². The third kappa shape index (κ3) is 4.97. The number of hydrogen-bond donors (Lipinski definition) is 1. The van der Waals surface area contributed by atoms with Crippen molar-refractivity contribution in [3.05, 3.63) is 115 Å². The van der Waals surface area contributed by atoms with Crippen molar-refractivity contribution in [2.24, 2.45) is 5.73 Å². The summed E-state index contributed by atoms with van der Waals surface area (Å²) in [4.78, 5) is 15.5. The Bertz CT molecular complexity index is 1600. The fourth-order valence-electron chi connectivity index (χ4n) is 5.63. The molecule has 0 radical (unpaired) electrons. The molecular formula is C32H29BrClN3O2. The van der Waals surface area contributed by atoms with Gasteiger partial charge in [0.05, 0.1) is 27.7 Å². The first-order chi connectivity index (χ1) is 18.7. The molecule has 2 aliphatic rings. The Morgan fingerprint density at radius 1 is 1.13 bits per heavy atom. The number of ketones is 1. The zero-order chi connectivity index (χ0) is 27.8. The highest BCUT2D eigenvalue weighted by atomic mass is 79.9. The Labute approximate surface area is 242 Å². The summed E-state index contributed by atoms with van der Waals surface area (Å²) >= 11 is 9.92. The van der Waals surface area contributed by atoms with Gasteiger partial charge >= 0.3 is 0 Å². The van der Waals surface area contributed by atoms with E-state index in [1.165, 1.54) is 0 Å². The summed E-state index contributed by atoms with van der Waals surface area (Å²) in [6, 6.07) is 19.9. The van der Waals surface area contributed by atoms with Gasteiger partial charge in [-0.1, -0.05) is 47.5 Å². The van der Waals surface area contributed by atoms with Crippen LogP contribution in [0.3, 0.4) is 0 Å². The molecule has 198 valence electrons. The van der Waals surface area contributed by atoms with E-state index in [0.717, 1.165) is 55.8 Å². The normalized spacial score (nSPS) is 17.3. The maximum Gasteiger partial charge on any atom is 0.161 e. The molecule has 0 fully saturated rings. The minimum atomic E-state index is -0.546. The van der Waals surface area contributed by atoms with E-state index >= 15 is 0 Å². The first-order valence-electron chi connectivity index (χ1n) is 12.9. The van der Waals surface area contributed by atoms with E-state index in [-0.39, 0.29) is 5.78 Å². The first-order valence-corrected chi connectivity index (χ1v) is 14.1. The van der Waals surface area contributed by atoms with Gasteiger partial charge in [0.2, 0.25) is 0 Å². The van der Waals surface area contributed by atoms with E-state index < -0.39 is 5.92 Å². The number of aryl methyl sites for hydroxylation is 2. The molecule has 5 rings (SSSR count). The van der Waals surface area contributed by atoms with Gasteiger partial charge in [0.15, 0.2) is 5.78 Å². The second kappa shape index (κ2) is 10.9. The van der Waals surface area contributed by atoms with Gasteiger partial charge in [-0.25, -0.2) is 0 Å². The van der Waals surface area contributed by atoms with Crippen molar-refractivity contribution in [3.63, 3.8) is 0 Å². The van der Waals surface area contributed by atoms with Gasteiger partial charge in [-0.05, 0) is 96.1 Å². The molecule has 39 heavy (non-hydrogen) atoms. The minimum absolute atomic E-state index is 0.0538. The van der Waals surface area contributed by atoms with Gasteiger partial charge in [-0.2, -0.15) is 5.26 Å². The molecule has 3 aromatic rings. The highest BCUT2D eigenvalue weighted by Crippen LogP contribution is 2.48. The summed E-state index contributed by atoms with van der Waals surface area (Å²) in [6.45, 7) is 6.38. The van der Waals surface area contributed by atoms with Crippen LogP contribution in [0.5, 0.6) is 5.75 Å². The van der Waals surface area contributed by atoms with Crippen molar-refractivity contribution in [2.45, 2.75) is 52.6 Å². The molecule has 0 aromatic heterocycles. The van der Waals surface area contributed by atoms with Crippen LogP contribution in [-0.2, 0) is 11.4 Å². The van der Waals surface area contributed by atoms with Crippen LogP contribution in [0.1, 0.15) is 53.0 Å². The quantitative estimate of drug-likeness (QED) is 0.321. The van der Waals surface area contributed by atoms with Gasteiger partial charge < -0.3 is 10.5 Å². The summed E-state index contributed by atoms with van der Waals surface area (Å²) < 4.78 is 7.03. The van der Waals surface area contributed by atoms with Crippen molar-refractivity contribution in [1.29, 1.82) is 5.26 Å². The summed E-state index contributed by atoms with van der Waals surface area (Å²) in [5.41, 5.74) is 14.3. The maximum absolute atomic E-state index is 13.6. The molecular weight excluding hydrogens is 574 g/mol. The first kappa shape index (κ1) is 27.1. The molecule has 0 saturated heterocycles. The molecule has 7 heteroatoms. The number of nitriles is 1. The molecule has 2 N–H and O–H groups in total. The fourth-order valence-corrected chi connectivity index (χ4v) is 6.19. The smallest absolute Gasteiger partial charge is 0.161 e. The van der Waals surface area contributed by atoms with Crippen LogP contribution in [-0.4, -0.2) is 5.78 Å². The lowest BCUT2D eigenvalue weighted by atomic mass is 9.73. The molecule has 0 bridgehead atoms. The van der Waals surface area contributed by atoms with Gasteiger partial charge in [0.25, 0.3) is 0 Å². The van der Waals surface area contributed by atoms with Crippen LogP contribution in [0.15, 0.2) is 81.7 Å². The molecule has 0 amide bonds. The number of benzene rings is 3. The number of Topliss-reactive ketones (excluding diaryl/α,β-unsaturated/α-hetero) is 1. The second-order valence-electron chi connectivity index (χ2n) is 10.1. The third-order valence-electron chi connectivity index (χ3n) is 7.56. The minimum Gasteiger partial charge on any atom is -0.488 e. The van der Waals surface area contributed by atoms with E-state index in [4.69, 9.17) is 22.1 Å². The molecule has 1 heterocycles. The number of rotatable bonds is 5. The lowest BCUT2D eigenvalue weighted by molar-refractivity contribution is -0.116. The van der Waals surface area contributed by atoms with Crippen molar-refractivity contribution in [2.75, 3.05) is 4.90 Å². The van der Waals surface area contributed by atoms with E-state index in [1.54, 1.807) is 0 Å². The number of anilines is 1. The topological polar surface area (TPSA) is 79.3 Å². The standard InChI is InChI=1S/C32H29BrClN3O2/c1-18-13-21(17-39-29-10-5-4-7-25(29)33)20(3)23(14-18)30-24(16-35)32(36)37(26-8-6-9-28(38)31(26)30)27-15-22(34)12-11-19(27)2/h4-5,7,10-15,30H,6,8-9,17,36H2,1-3H3. The Morgan fingerprint density at radius 3 is 2.64 bits per heavy atom. The van der Waals surface area contributed by atoms with Gasteiger partial charge in [-0.3, -0.25) is 9.69 Å². The number of nitrogens with two attached hydrogens (primary N) is 1. The number of para-hydroxylation sites is 1. The van der Waals surface area contributed by atoms with E-state index in [0.29, 0.717) is 41.4 Å². The third-order valence-corrected chi connectivity index (χ3v) is 8.45. The monoisotopic (exact) mass is 601 g/mol.